The van der Waals surface area contributed by atoms with Crippen LogP contribution in [0.1, 0.15) is 4.88 Å². The highest BCUT2D eigenvalue weighted by Crippen LogP contribution is 2.34. The van der Waals surface area contributed by atoms with Crippen molar-refractivity contribution >= 4 is 44.7 Å². The summed E-state index contributed by atoms with van der Waals surface area (Å²) in [5.41, 5.74) is -0.388. The SMILES string of the molecule is CN(C)Cc1cc2c([nH]c(=O)c3cc(F)cc(O)c32)s1.Cl. The summed E-state index contributed by atoms with van der Waals surface area (Å²) < 4.78 is 13.3. The fourth-order valence-corrected chi connectivity index (χ4v) is 3.51. The molecule has 4 nitrogen and oxygen atoms in total. The van der Waals surface area contributed by atoms with Gasteiger partial charge in [0.25, 0.3) is 5.56 Å². The maximum atomic E-state index is 13.3. The number of nitrogens with zero attached hydrogens (tertiary/aromatic N) is 1. The number of halogens is 2. The fourth-order valence-electron chi connectivity index (χ4n) is 2.34. The van der Waals surface area contributed by atoms with Crippen molar-refractivity contribution < 1.29 is 9.50 Å². The molecule has 112 valence electrons. The molecule has 3 rings (SSSR count). The van der Waals surface area contributed by atoms with Gasteiger partial charge in [0.2, 0.25) is 0 Å². The van der Waals surface area contributed by atoms with Crippen molar-refractivity contribution in [3.63, 3.8) is 0 Å². The molecule has 3 aromatic rings. The fraction of sp³-hybridized carbons (Fsp3) is 0.214. The summed E-state index contributed by atoms with van der Waals surface area (Å²) in [6.45, 7) is 0.741. The van der Waals surface area contributed by atoms with Gasteiger partial charge in [0.05, 0.1) is 5.39 Å². The number of thiophene rings is 1. The number of hydrogen-bond donors (Lipinski definition) is 2. The average Bonchev–Trinajstić information content (AvgIpc) is 2.69. The standard InChI is InChI=1S/C14H13FN2O2S.ClH/c1-17(2)6-8-5-10-12-9(3-7(15)4-11(12)18)13(19)16-14(10)20-8;/h3-5,18H,6H2,1-2H3,(H,16,19);1H. The Bertz CT molecular complexity index is 873. The van der Waals surface area contributed by atoms with E-state index in [9.17, 15) is 14.3 Å². The monoisotopic (exact) mass is 328 g/mol. The van der Waals surface area contributed by atoms with E-state index in [1.54, 1.807) is 0 Å². The predicted molar refractivity (Wildman–Crippen MR) is 86.2 cm³/mol. The molecule has 0 amide bonds. The number of phenols is 1. The molecular formula is C14H14ClFN2O2S. The number of hydrogen-bond acceptors (Lipinski definition) is 4. The number of nitrogens with one attached hydrogen (secondary N) is 1. The third kappa shape index (κ3) is 2.74. The molecule has 1 aromatic carbocycles. The van der Waals surface area contributed by atoms with Crippen LogP contribution in [0, 0.1) is 5.82 Å². The van der Waals surface area contributed by atoms with Gasteiger partial charge >= 0.3 is 0 Å². The number of pyridine rings is 1. The molecule has 21 heavy (non-hydrogen) atoms. The van der Waals surface area contributed by atoms with E-state index in [2.05, 4.69) is 4.98 Å². The molecule has 0 atom stereocenters. The summed E-state index contributed by atoms with van der Waals surface area (Å²) in [6, 6.07) is 4.11. The molecule has 0 fully saturated rings. The summed E-state index contributed by atoms with van der Waals surface area (Å²) in [5.74, 6) is -0.825. The van der Waals surface area contributed by atoms with Crippen LogP contribution in [0.3, 0.4) is 0 Å². The largest absolute Gasteiger partial charge is 0.507 e. The number of rotatable bonds is 2. The Labute approximate surface area is 130 Å². The van der Waals surface area contributed by atoms with Gasteiger partial charge in [-0.3, -0.25) is 4.79 Å². The van der Waals surface area contributed by atoms with Crippen molar-refractivity contribution in [3.8, 4) is 5.75 Å². The van der Waals surface area contributed by atoms with Crippen LogP contribution in [0.5, 0.6) is 5.75 Å². The zero-order chi connectivity index (χ0) is 14.4. The summed E-state index contributed by atoms with van der Waals surface area (Å²) in [4.78, 5) is 18.5. The van der Waals surface area contributed by atoms with E-state index < -0.39 is 5.82 Å². The highest BCUT2D eigenvalue weighted by atomic mass is 35.5. The smallest absolute Gasteiger partial charge is 0.257 e. The number of benzene rings is 1. The summed E-state index contributed by atoms with van der Waals surface area (Å²) >= 11 is 1.47. The molecule has 0 saturated carbocycles. The maximum absolute atomic E-state index is 13.3. The van der Waals surface area contributed by atoms with Crippen LogP contribution >= 0.6 is 23.7 Å². The van der Waals surface area contributed by atoms with Gasteiger partial charge in [-0.1, -0.05) is 0 Å². The van der Waals surface area contributed by atoms with Crippen LogP contribution in [0.15, 0.2) is 23.0 Å². The van der Waals surface area contributed by atoms with Crippen molar-refractivity contribution in [1.29, 1.82) is 0 Å². The average molecular weight is 329 g/mol. The molecule has 0 bridgehead atoms. The Hall–Kier alpha value is -1.63. The van der Waals surface area contributed by atoms with Crippen LogP contribution in [0.4, 0.5) is 4.39 Å². The lowest BCUT2D eigenvalue weighted by molar-refractivity contribution is 0.406. The van der Waals surface area contributed by atoms with E-state index >= 15 is 0 Å². The first-order valence-corrected chi connectivity index (χ1v) is 6.89. The highest BCUT2D eigenvalue weighted by molar-refractivity contribution is 7.18. The molecule has 0 saturated heterocycles. The minimum absolute atomic E-state index is 0. The van der Waals surface area contributed by atoms with Crippen LogP contribution in [-0.4, -0.2) is 29.1 Å². The highest BCUT2D eigenvalue weighted by Gasteiger charge is 2.14. The maximum Gasteiger partial charge on any atom is 0.257 e. The Morgan fingerprint density at radius 2 is 2.00 bits per heavy atom. The lowest BCUT2D eigenvalue weighted by atomic mass is 10.1. The van der Waals surface area contributed by atoms with Gasteiger partial charge in [0, 0.05) is 28.3 Å². The Balaban J connectivity index is 0.00000161. The topological polar surface area (TPSA) is 56.3 Å². The first-order chi connectivity index (χ1) is 9.45. The van der Waals surface area contributed by atoms with E-state index in [0.29, 0.717) is 10.2 Å². The van der Waals surface area contributed by atoms with E-state index in [1.807, 2.05) is 25.1 Å². The van der Waals surface area contributed by atoms with E-state index in [1.165, 1.54) is 11.3 Å². The van der Waals surface area contributed by atoms with E-state index in [-0.39, 0.29) is 29.1 Å². The molecule has 0 aliphatic heterocycles. The lowest BCUT2D eigenvalue weighted by Gasteiger charge is -2.05. The molecule has 2 N–H and O–H groups in total. The normalized spacial score (nSPS) is 11.2. The summed E-state index contributed by atoms with van der Waals surface area (Å²) in [7, 11) is 3.91. The van der Waals surface area contributed by atoms with Crippen molar-refractivity contribution in [2.24, 2.45) is 0 Å². The predicted octanol–water partition coefficient (Wildman–Crippen LogP) is 3.07. The third-order valence-electron chi connectivity index (χ3n) is 3.08. The van der Waals surface area contributed by atoms with Gasteiger partial charge in [-0.05, 0) is 26.2 Å². The van der Waals surface area contributed by atoms with Gasteiger partial charge in [0.15, 0.2) is 0 Å². The van der Waals surface area contributed by atoms with Crippen LogP contribution in [0.25, 0.3) is 21.0 Å². The summed E-state index contributed by atoms with van der Waals surface area (Å²) in [6.07, 6.45) is 0. The van der Waals surface area contributed by atoms with Gasteiger partial charge in [0.1, 0.15) is 16.4 Å². The van der Waals surface area contributed by atoms with Crippen molar-refractivity contribution in [2.45, 2.75) is 6.54 Å². The van der Waals surface area contributed by atoms with E-state index in [0.717, 1.165) is 28.9 Å². The molecule has 0 radical (unpaired) electrons. The van der Waals surface area contributed by atoms with Crippen molar-refractivity contribution in [2.75, 3.05) is 14.1 Å². The number of fused-ring (bicyclic) bond motifs is 3. The Morgan fingerprint density at radius 1 is 1.29 bits per heavy atom. The van der Waals surface area contributed by atoms with Crippen molar-refractivity contribution in [3.05, 3.63) is 39.2 Å². The van der Waals surface area contributed by atoms with Gasteiger partial charge < -0.3 is 15.0 Å². The molecule has 0 aliphatic carbocycles. The number of aromatic nitrogens is 1. The molecule has 0 spiro atoms. The van der Waals surface area contributed by atoms with Gasteiger partial charge in [-0.2, -0.15) is 0 Å². The van der Waals surface area contributed by atoms with Crippen LogP contribution in [-0.2, 0) is 6.54 Å². The molecule has 2 aromatic heterocycles. The number of aromatic amines is 1. The van der Waals surface area contributed by atoms with Gasteiger partial charge in [-0.15, -0.1) is 23.7 Å². The lowest BCUT2D eigenvalue weighted by Crippen LogP contribution is -2.09. The van der Waals surface area contributed by atoms with E-state index in [4.69, 9.17) is 0 Å². The number of H-pyrrole nitrogens is 1. The Morgan fingerprint density at radius 3 is 2.67 bits per heavy atom. The van der Waals surface area contributed by atoms with Crippen molar-refractivity contribution in [1.82, 2.24) is 9.88 Å². The number of aromatic hydroxyl groups is 1. The molecular weight excluding hydrogens is 315 g/mol. The second-order valence-corrected chi connectivity index (χ2v) is 6.13. The third-order valence-corrected chi connectivity index (χ3v) is 4.11. The molecule has 0 aliphatic rings. The molecule has 2 heterocycles. The first kappa shape index (κ1) is 15.8. The molecule has 7 heteroatoms. The zero-order valence-electron chi connectivity index (χ0n) is 11.4. The quantitative estimate of drug-likeness (QED) is 0.760. The van der Waals surface area contributed by atoms with Crippen LogP contribution in [0.2, 0.25) is 0 Å². The second-order valence-electron chi connectivity index (χ2n) is 4.99. The van der Waals surface area contributed by atoms with Gasteiger partial charge in [-0.25, -0.2) is 4.39 Å². The second kappa shape index (κ2) is 5.63. The first-order valence-electron chi connectivity index (χ1n) is 6.07. The van der Waals surface area contributed by atoms with Crippen LogP contribution < -0.4 is 5.56 Å². The number of phenolic OH excluding ortho intramolecular Hbond substituents is 1. The Kier molecular flexibility index (Phi) is 4.22. The summed E-state index contributed by atoms with van der Waals surface area (Å²) in [5, 5.41) is 11.3. The zero-order valence-corrected chi connectivity index (χ0v) is 13.1. The minimum atomic E-state index is -0.622. The molecule has 0 unspecified atom stereocenters. The minimum Gasteiger partial charge on any atom is -0.507 e.